The Balaban J connectivity index is 1.63. The van der Waals surface area contributed by atoms with Gasteiger partial charge in [-0.3, -0.25) is 9.69 Å². The van der Waals surface area contributed by atoms with Gasteiger partial charge in [0.1, 0.15) is 5.54 Å². The van der Waals surface area contributed by atoms with E-state index in [1.165, 1.54) is 0 Å². The Bertz CT molecular complexity index is 973. The number of thiocarbonyl (C=S) groups is 1. The predicted octanol–water partition coefficient (Wildman–Crippen LogP) is 3.56. The maximum atomic E-state index is 14.2. The molecule has 1 saturated carbocycles. The molecule has 2 heterocycles. The lowest BCUT2D eigenvalue weighted by Crippen LogP contribution is -2.59. The van der Waals surface area contributed by atoms with Crippen LogP contribution < -0.4 is 5.32 Å². The highest BCUT2D eigenvalue weighted by Crippen LogP contribution is 2.62. The second kappa shape index (κ2) is 7.26. The average molecular weight is 440 g/mol. The predicted molar refractivity (Wildman–Crippen MR) is 121 cm³/mol. The molecule has 1 aromatic carbocycles. The number of hydrogen-bond donors (Lipinski definition) is 1. The van der Waals surface area contributed by atoms with Crippen LogP contribution in [0.5, 0.6) is 0 Å². The van der Waals surface area contributed by atoms with E-state index < -0.39 is 5.54 Å². The van der Waals surface area contributed by atoms with E-state index in [9.17, 15) is 4.79 Å². The molecule has 2 aliphatic heterocycles. The smallest absolute Gasteiger partial charge is 0.259 e. The van der Waals surface area contributed by atoms with Crippen LogP contribution in [0.4, 0.5) is 5.69 Å². The summed E-state index contributed by atoms with van der Waals surface area (Å²) in [4.78, 5) is 19.6. The first kappa shape index (κ1) is 20.9. The lowest BCUT2D eigenvalue weighted by atomic mass is 9.56. The molecule has 2 spiro atoms. The summed E-state index contributed by atoms with van der Waals surface area (Å²) in [6.45, 7) is 13.2. The molecule has 6 nitrogen and oxygen atoms in total. The summed E-state index contributed by atoms with van der Waals surface area (Å²) in [5, 5.41) is 4.01. The first-order valence-corrected chi connectivity index (χ1v) is 11.6. The highest BCUT2D eigenvalue weighted by Gasteiger charge is 2.68. The Labute approximate surface area is 189 Å². The van der Waals surface area contributed by atoms with Gasteiger partial charge in [0.05, 0.1) is 25.3 Å². The molecular formula is C24H29N3O3S. The van der Waals surface area contributed by atoms with Gasteiger partial charge < -0.3 is 14.8 Å². The summed E-state index contributed by atoms with van der Waals surface area (Å²) in [5.41, 5.74) is 1.41. The van der Waals surface area contributed by atoms with Crippen LogP contribution in [0.25, 0.3) is 4.85 Å². The number of carbonyl (C=O) groups excluding carboxylic acids is 1. The van der Waals surface area contributed by atoms with E-state index in [0.29, 0.717) is 29.2 Å². The third-order valence-corrected chi connectivity index (χ3v) is 8.38. The number of hydrogen-bond acceptors (Lipinski definition) is 4. The van der Waals surface area contributed by atoms with Crippen molar-refractivity contribution in [3.05, 3.63) is 40.7 Å². The number of nitrogens with zero attached hydrogens (tertiary/aromatic N) is 2. The van der Waals surface area contributed by atoms with Crippen molar-refractivity contribution in [2.45, 2.75) is 57.3 Å². The SMILES string of the molecule is [C-]#[N+]c1ccc2c(c1)[C@]1(NC(=S)N(CC3CCO3)C1=O)C1(C2)C[C@@H](C)C(OC)[C@@H](C)C1. The minimum Gasteiger partial charge on any atom is -0.381 e. The van der Waals surface area contributed by atoms with E-state index >= 15 is 0 Å². The highest BCUT2D eigenvalue weighted by atomic mass is 32.1. The molecule has 1 N–H and O–H groups in total. The van der Waals surface area contributed by atoms with Gasteiger partial charge in [-0.2, -0.15) is 0 Å². The molecule has 3 fully saturated rings. The van der Waals surface area contributed by atoms with Crippen LogP contribution in [0.2, 0.25) is 0 Å². The van der Waals surface area contributed by atoms with Gasteiger partial charge in [-0.15, -0.1) is 0 Å². The van der Waals surface area contributed by atoms with Crippen molar-refractivity contribution in [2.24, 2.45) is 17.3 Å². The Morgan fingerprint density at radius 3 is 2.65 bits per heavy atom. The maximum Gasteiger partial charge on any atom is 0.259 e. The van der Waals surface area contributed by atoms with Crippen molar-refractivity contribution >= 4 is 28.9 Å². The number of carbonyl (C=O) groups is 1. The molecule has 5 rings (SSSR count). The first-order valence-electron chi connectivity index (χ1n) is 11.1. The van der Waals surface area contributed by atoms with E-state index in [2.05, 4.69) is 24.0 Å². The highest BCUT2D eigenvalue weighted by molar-refractivity contribution is 7.80. The second-order valence-corrected chi connectivity index (χ2v) is 10.2. The van der Waals surface area contributed by atoms with E-state index in [1.54, 1.807) is 12.0 Å². The standard InChI is InChI=1S/C24H29N3O3S/c1-14-10-23(11-15(2)20(14)29-4)12-16-5-6-17(25-3)9-19(16)24(23)21(28)27(22(31)26-24)13-18-7-8-30-18/h5-6,9,14-15,18,20H,7-8,10-13H2,1-2,4H3,(H,26,31)/t14-,15+,18?,20?,23?,24-/m1/s1. The number of methoxy groups -OCH3 is 1. The fourth-order valence-corrected chi connectivity index (χ4v) is 7.17. The zero-order valence-corrected chi connectivity index (χ0v) is 19.1. The van der Waals surface area contributed by atoms with Crippen LogP contribution in [0.15, 0.2) is 18.2 Å². The number of benzene rings is 1. The molecule has 4 aliphatic rings. The summed E-state index contributed by atoms with van der Waals surface area (Å²) in [7, 11) is 1.78. The third kappa shape index (κ3) is 2.81. The average Bonchev–Trinajstić information content (AvgIpc) is 3.10. The summed E-state index contributed by atoms with van der Waals surface area (Å²) in [6.07, 6.45) is 3.72. The molecule has 2 saturated heterocycles. The van der Waals surface area contributed by atoms with Gasteiger partial charge in [-0.05, 0) is 60.9 Å². The van der Waals surface area contributed by atoms with Gasteiger partial charge >= 0.3 is 0 Å². The van der Waals surface area contributed by atoms with Gasteiger partial charge in [0.25, 0.3) is 5.91 Å². The molecule has 164 valence electrons. The monoisotopic (exact) mass is 439 g/mol. The Morgan fingerprint density at radius 2 is 2.06 bits per heavy atom. The van der Waals surface area contributed by atoms with Crippen LogP contribution in [-0.4, -0.2) is 48.4 Å². The number of rotatable bonds is 3. The van der Waals surface area contributed by atoms with E-state index in [1.807, 2.05) is 18.2 Å². The third-order valence-electron chi connectivity index (χ3n) is 8.06. The molecule has 3 unspecified atom stereocenters. The zero-order chi connectivity index (χ0) is 22.0. The van der Waals surface area contributed by atoms with Crippen LogP contribution >= 0.6 is 12.2 Å². The van der Waals surface area contributed by atoms with Crippen molar-refractivity contribution in [3.63, 3.8) is 0 Å². The van der Waals surface area contributed by atoms with Gasteiger partial charge in [-0.1, -0.05) is 32.0 Å². The lowest BCUT2D eigenvalue weighted by Gasteiger charge is -2.51. The summed E-state index contributed by atoms with van der Waals surface area (Å²) in [5.74, 6) is 0.643. The molecule has 31 heavy (non-hydrogen) atoms. The number of amides is 1. The quantitative estimate of drug-likeness (QED) is 0.577. The topological polar surface area (TPSA) is 55.2 Å². The number of nitrogens with one attached hydrogen (secondary N) is 1. The fourth-order valence-electron chi connectivity index (χ4n) is 6.86. The minimum atomic E-state index is -0.926. The Kier molecular flexibility index (Phi) is 4.89. The maximum absolute atomic E-state index is 14.2. The molecule has 0 radical (unpaired) electrons. The van der Waals surface area contributed by atoms with Crippen molar-refractivity contribution in [1.82, 2.24) is 10.2 Å². The van der Waals surface area contributed by atoms with E-state index in [4.69, 9.17) is 28.3 Å². The van der Waals surface area contributed by atoms with E-state index in [-0.39, 0.29) is 23.5 Å². The Morgan fingerprint density at radius 1 is 1.35 bits per heavy atom. The molecule has 0 aromatic heterocycles. The van der Waals surface area contributed by atoms with Crippen LogP contribution in [0.1, 0.15) is 44.2 Å². The van der Waals surface area contributed by atoms with Gasteiger partial charge in [-0.25, -0.2) is 4.85 Å². The molecule has 0 bridgehead atoms. The normalized spacial score (nSPS) is 38.8. The Hall–Kier alpha value is -2.01. The van der Waals surface area contributed by atoms with Crippen molar-refractivity contribution in [3.8, 4) is 0 Å². The van der Waals surface area contributed by atoms with Gasteiger partial charge in [0.2, 0.25) is 0 Å². The van der Waals surface area contributed by atoms with Crippen molar-refractivity contribution in [1.29, 1.82) is 0 Å². The molecule has 1 amide bonds. The van der Waals surface area contributed by atoms with Gasteiger partial charge in [0.15, 0.2) is 10.8 Å². The van der Waals surface area contributed by atoms with Crippen molar-refractivity contribution in [2.75, 3.05) is 20.3 Å². The van der Waals surface area contributed by atoms with Gasteiger partial charge in [0, 0.05) is 19.1 Å². The van der Waals surface area contributed by atoms with Crippen molar-refractivity contribution < 1.29 is 14.3 Å². The molecule has 6 atom stereocenters. The lowest BCUT2D eigenvalue weighted by molar-refractivity contribution is -0.145. The minimum absolute atomic E-state index is 0.0177. The first-order chi connectivity index (χ1) is 14.8. The molecule has 7 heteroatoms. The number of ether oxygens (including phenoxy) is 2. The summed E-state index contributed by atoms with van der Waals surface area (Å²) in [6, 6.07) is 5.81. The molecular weight excluding hydrogens is 410 g/mol. The second-order valence-electron chi connectivity index (χ2n) is 9.85. The molecule has 2 aliphatic carbocycles. The largest absolute Gasteiger partial charge is 0.381 e. The number of fused-ring (bicyclic) bond motifs is 3. The van der Waals surface area contributed by atoms with Crippen LogP contribution in [0, 0.1) is 23.8 Å². The fraction of sp³-hybridized carbons (Fsp3) is 0.625. The summed E-state index contributed by atoms with van der Waals surface area (Å²) < 4.78 is 11.4. The van der Waals surface area contributed by atoms with E-state index in [0.717, 1.165) is 43.4 Å². The zero-order valence-electron chi connectivity index (χ0n) is 18.3. The summed E-state index contributed by atoms with van der Waals surface area (Å²) >= 11 is 5.72. The van der Waals surface area contributed by atoms with Crippen LogP contribution in [0.3, 0.4) is 0 Å². The van der Waals surface area contributed by atoms with Crippen LogP contribution in [-0.2, 0) is 26.2 Å². The molecule has 1 aromatic rings.